The molecule has 1 amide bonds. The molecule has 0 aliphatic heterocycles. The van der Waals surface area contributed by atoms with Gasteiger partial charge in [-0.15, -0.1) is 0 Å². The number of halogens is 2. The molecule has 20 heavy (non-hydrogen) atoms. The lowest BCUT2D eigenvalue weighted by atomic mass is 10.1. The number of carboxylic acids is 1. The van der Waals surface area contributed by atoms with Gasteiger partial charge >= 0.3 is 5.97 Å². The van der Waals surface area contributed by atoms with Crippen molar-refractivity contribution in [2.24, 2.45) is 0 Å². The molecule has 1 heterocycles. The number of carboxylic acid groups (broad SMARTS) is 1. The van der Waals surface area contributed by atoms with Crippen molar-refractivity contribution in [3.05, 3.63) is 57.8 Å². The first-order valence-corrected chi connectivity index (χ1v) is 6.37. The van der Waals surface area contributed by atoms with Gasteiger partial charge in [0.2, 0.25) is 0 Å². The number of rotatable bonds is 4. The summed E-state index contributed by atoms with van der Waals surface area (Å²) in [6.07, 6.45) is 0. The Balaban J connectivity index is 2.21. The number of aliphatic carboxylic acids is 1. The van der Waals surface area contributed by atoms with Crippen molar-refractivity contribution in [3.63, 3.8) is 0 Å². The van der Waals surface area contributed by atoms with E-state index in [0.29, 0.717) is 5.56 Å². The van der Waals surface area contributed by atoms with E-state index >= 15 is 0 Å². The first-order chi connectivity index (χ1) is 9.49. The molecule has 0 bridgehead atoms. The van der Waals surface area contributed by atoms with E-state index in [1.807, 2.05) is 0 Å². The molecular formula is C13H10Cl2N2O3. The highest BCUT2D eigenvalue weighted by Gasteiger charge is 2.23. The molecule has 0 saturated carbocycles. The summed E-state index contributed by atoms with van der Waals surface area (Å²) < 4.78 is 0. The van der Waals surface area contributed by atoms with Crippen molar-refractivity contribution in [1.82, 2.24) is 10.3 Å². The zero-order valence-corrected chi connectivity index (χ0v) is 11.6. The van der Waals surface area contributed by atoms with Gasteiger partial charge in [0, 0.05) is 0 Å². The Morgan fingerprint density at radius 1 is 1.20 bits per heavy atom. The van der Waals surface area contributed by atoms with Crippen LogP contribution in [-0.2, 0) is 4.79 Å². The molecular weight excluding hydrogens is 303 g/mol. The average molecular weight is 313 g/mol. The smallest absolute Gasteiger partial charge is 0.330 e. The standard InChI is InChI=1S/C13H10Cl2N2O3/c14-8-6-9(16-11(8)15)12(18)17-10(13(19)20)7-4-2-1-3-5-7/h1-6,10,16H,(H,17,18)(H,19,20). The van der Waals surface area contributed by atoms with Gasteiger partial charge in [0.05, 0.1) is 5.02 Å². The fourth-order valence-corrected chi connectivity index (χ4v) is 1.98. The Bertz CT molecular complexity index is 621. The van der Waals surface area contributed by atoms with Crippen molar-refractivity contribution in [1.29, 1.82) is 0 Å². The zero-order valence-electron chi connectivity index (χ0n) is 10.1. The minimum absolute atomic E-state index is 0.0992. The number of carbonyl (C=O) groups is 2. The van der Waals surface area contributed by atoms with Gasteiger partial charge in [0.15, 0.2) is 6.04 Å². The van der Waals surface area contributed by atoms with Crippen LogP contribution in [0.4, 0.5) is 0 Å². The number of hydrogen-bond acceptors (Lipinski definition) is 2. The predicted octanol–water partition coefficient (Wildman–Crippen LogP) is 2.88. The van der Waals surface area contributed by atoms with E-state index < -0.39 is 17.9 Å². The normalized spacial score (nSPS) is 11.9. The molecule has 0 aliphatic rings. The SMILES string of the molecule is O=C(NC(C(=O)O)c1ccccc1)c1cc(Cl)c(Cl)[nH]1. The van der Waals surface area contributed by atoms with Crippen molar-refractivity contribution in [2.45, 2.75) is 6.04 Å². The Labute approximate surface area is 124 Å². The molecule has 7 heteroatoms. The molecule has 5 nitrogen and oxygen atoms in total. The van der Waals surface area contributed by atoms with Crippen LogP contribution in [-0.4, -0.2) is 22.0 Å². The molecule has 1 atom stereocenters. The molecule has 1 unspecified atom stereocenters. The van der Waals surface area contributed by atoms with Crippen LogP contribution in [0.25, 0.3) is 0 Å². The van der Waals surface area contributed by atoms with E-state index in [0.717, 1.165) is 0 Å². The molecule has 3 N–H and O–H groups in total. The van der Waals surface area contributed by atoms with Gasteiger partial charge in [-0.3, -0.25) is 4.79 Å². The van der Waals surface area contributed by atoms with Crippen molar-refractivity contribution in [3.8, 4) is 0 Å². The largest absolute Gasteiger partial charge is 0.479 e. The maximum absolute atomic E-state index is 12.0. The summed E-state index contributed by atoms with van der Waals surface area (Å²) in [5.41, 5.74) is 0.569. The van der Waals surface area contributed by atoms with E-state index in [9.17, 15) is 14.7 Å². The number of hydrogen-bond donors (Lipinski definition) is 3. The number of aromatic amines is 1. The van der Waals surface area contributed by atoms with Crippen molar-refractivity contribution in [2.75, 3.05) is 0 Å². The van der Waals surface area contributed by atoms with Crippen LogP contribution >= 0.6 is 23.2 Å². The number of aromatic nitrogens is 1. The number of amides is 1. The predicted molar refractivity (Wildman–Crippen MR) is 75.1 cm³/mol. The van der Waals surface area contributed by atoms with Gasteiger partial charge in [-0.05, 0) is 11.6 Å². The monoisotopic (exact) mass is 312 g/mol. The lowest BCUT2D eigenvalue weighted by Crippen LogP contribution is -2.33. The molecule has 0 aliphatic carbocycles. The van der Waals surface area contributed by atoms with Crippen molar-refractivity contribution >= 4 is 35.1 Å². The maximum Gasteiger partial charge on any atom is 0.330 e. The summed E-state index contributed by atoms with van der Waals surface area (Å²) in [5.74, 6) is -1.76. The van der Waals surface area contributed by atoms with Crippen LogP contribution in [0, 0.1) is 0 Å². The fourth-order valence-electron chi connectivity index (χ4n) is 1.67. The number of carbonyl (C=O) groups excluding carboxylic acids is 1. The highest BCUT2D eigenvalue weighted by molar-refractivity contribution is 6.41. The fraction of sp³-hybridized carbons (Fsp3) is 0.0769. The molecule has 1 aromatic carbocycles. The second-order valence-electron chi connectivity index (χ2n) is 4.00. The van der Waals surface area contributed by atoms with Crippen LogP contribution in [0.5, 0.6) is 0 Å². The first kappa shape index (κ1) is 14.4. The Hall–Kier alpha value is -1.98. The second-order valence-corrected chi connectivity index (χ2v) is 4.79. The summed E-state index contributed by atoms with van der Waals surface area (Å²) in [6.45, 7) is 0. The van der Waals surface area contributed by atoms with Gasteiger partial charge in [-0.25, -0.2) is 4.79 Å². The van der Waals surface area contributed by atoms with E-state index in [1.165, 1.54) is 6.07 Å². The summed E-state index contributed by atoms with van der Waals surface area (Å²) in [7, 11) is 0. The highest BCUT2D eigenvalue weighted by atomic mass is 35.5. The molecule has 1 aromatic heterocycles. The number of H-pyrrole nitrogens is 1. The third-order valence-corrected chi connectivity index (χ3v) is 3.32. The molecule has 0 saturated heterocycles. The average Bonchev–Trinajstić information content (AvgIpc) is 2.76. The molecule has 2 aromatic rings. The lowest BCUT2D eigenvalue weighted by Gasteiger charge is -2.14. The first-order valence-electron chi connectivity index (χ1n) is 5.61. The summed E-state index contributed by atoms with van der Waals surface area (Å²) in [4.78, 5) is 25.8. The van der Waals surface area contributed by atoms with Gasteiger partial charge in [0.1, 0.15) is 10.8 Å². The third kappa shape index (κ3) is 3.12. The van der Waals surface area contributed by atoms with Gasteiger partial charge in [-0.2, -0.15) is 0 Å². The molecule has 2 rings (SSSR count). The molecule has 0 radical (unpaired) electrons. The molecule has 104 valence electrons. The van der Waals surface area contributed by atoms with E-state index in [2.05, 4.69) is 10.3 Å². The van der Waals surface area contributed by atoms with Crippen LogP contribution in [0.15, 0.2) is 36.4 Å². The van der Waals surface area contributed by atoms with Crippen LogP contribution in [0.1, 0.15) is 22.1 Å². The van der Waals surface area contributed by atoms with E-state index in [4.69, 9.17) is 23.2 Å². The van der Waals surface area contributed by atoms with Crippen LogP contribution in [0.2, 0.25) is 10.2 Å². The van der Waals surface area contributed by atoms with Crippen LogP contribution < -0.4 is 5.32 Å². The Morgan fingerprint density at radius 3 is 2.35 bits per heavy atom. The van der Waals surface area contributed by atoms with Gasteiger partial charge in [-0.1, -0.05) is 53.5 Å². The lowest BCUT2D eigenvalue weighted by molar-refractivity contribution is -0.139. The van der Waals surface area contributed by atoms with Gasteiger partial charge in [0.25, 0.3) is 5.91 Å². The Morgan fingerprint density at radius 2 is 1.85 bits per heavy atom. The topological polar surface area (TPSA) is 82.2 Å². The third-order valence-electron chi connectivity index (χ3n) is 2.63. The number of benzene rings is 1. The van der Waals surface area contributed by atoms with Gasteiger partial charge < -0.3 is 15.4 Å². The maximum atomic E-state index is 12.0. The summed E-state index contributed by atoms with van der Waals surface area (Å²) >= 11 is 11.4. The van der Waals surface area contributed by atoms with E-state index in [-0.39, 0.29) is 15.9 Å². The Kier molecular flexibility index (Phi) is 4.32. The zero-order chi connectivity index (χ0) is 14.7. The quantitative estimate of drug-likeness (QED) is 0.811. The summed E-state index contributed by atoms with van der Waals surface area (Å²) in [6, 6.07) is 8.57. The highest BCUT2D eigenvalue weighted by Crippen LogP contribution is 2.22. The number of nitrogens with one attached hydrogen (secondary N) is 2. The second kappa shape index (κ2) is 5.98. The van der Waals surface area contributed by atoms with E-state index in [1.54, 1.807) is 30.3 Å². The minimum atomic E-state index is -1.16. The summed E-state index contributed by atoms with van der Waals surface area (Å²) in [5, 5.41) is 11.9. The minimum Gasteiger partial charge on any atom is -0.479 e. The van der Waals surface area contributed by atoms with Crippen LogP contribution in [0.3, 0.4) is 0 Å². The van der Waals surface area contributed by atoms with Crippen molar-refractivity contribution < 1.29 is 14.7 Å². The molecule has 0 spiro atoms. The molecule has 0 fully saturated rings.